The lowest BCUT2D eigenvalue weighted by Crippen LogP contribution is -2.40. The minimum atomic E-state index is -0.496. The summed E-state index contributed by atoms with van der Waals surface area (Å²) in [7, 11) is 1.30. The molecule has 0 aliphatic heterocycles. The minimum absolute atomic E-state index is 0.0136. The smallest absolute Gasteiger partial charge is 0.339 e. The number of methoxy groups -OCH3 is 1. The van der Waals surface area contributed by atoms with Crippen LogP contribution >= 0.6 is 0 Å². The highest BCUT2D eigenvalue weighted by molar-refractivity contribution is 6.01. The molecule has 2 rings (SSSR count). The molecule has 1 aliphatic carbocycles. The van der Waals surface area contributed by atoms with Gasteiger partial charge in [-0.05, 0) is 25.0 Å². The second kappa shape index (κ2) is 9.94. The van der Waals surface area contributed by atoms with Crippen molar-refractivity contribution < 1.29 is 19.1 Å². The highest BCUT2D eigenvalue weighted by atomic mass is 16.5. The van der Waals surface area contributed by atoms with Crippen LogP contribution in [0.15, 0.2) is 24.3 Å². The van der Waals surface area contributed by atoms with Crippen LogP contribution in [0.2, 0.25) is 0 Å². The van der Waals surface area contributed by atoms with Gasteiger partial charge in [0.1, 0.15) is 0 Å². The van der Waals surface area contributed by atoms with Crippen LogP contribution in [0.4, 0.5) is 5.69 Å². The number of para-hydroxylation sites is 1. The van der Waals surface area contributed by atoms with Crippen molar-refractivity contribution in [2.75, 3.05) is 19.0 Å². The molecule has 0 heterocycles. The molecule has 6 nitrogen and oxygen atoms in total. The van der Waals surface area contributed by atoms with Crippen LogP contribution in [0.5, 0.6) is 0 Å². The summed E-state index contributed by atoms with van der Waals surface area (Å²) in [5, 5.41) is 2.76. The summed E-state index contributed by atoms with van der Waals surface area (Å²) < 4.78 is 4.74. The molecule has 0 aromatic heterocycles. The molecule has 1 aromatic carbocycles. The lowest BCUT2D eigenvalue weighted by atomic mass is 10.1. The molecule has 26 heavy (non-hydrogen) atoms. The standard InChI is InChI=1S/C20H28N2O4/c1-15(23)22(16-9-5-3-4-6-10-16)14-13-19(24)21-18-12-8-7-11-17(18)20(25)26-2/h7-8,11-12,16H,3-6,9-10,13-14H2,1-2H3,(H,21,24). The van der Waals surface area contributed by atoms with Gasteiger partial charge < -0.3 is 15.0 Å². The van der Waals surface area contributed by atoms with E-state index in [1.807, 2.05) is 4.90 Å². The zero-order valence-electron chi connectivity index (χ0n) is 15.6. The van der Waals surface area contributed by atoms with Crippen LogP contribution in [0.3, 0.4) is 0 Å². The Balaban J connectivity index is 1.96. The Labute approximate surface area is 154 Å². The predicted octanol–water partition coefficient (Wildman–Crippen LogP) is 3.37. The molecule has 0 bridgehead atoms. The summed E-state index contributed by atoms with van der Waals surface area (Å²) in [6.45, 7) is 1.96. The highest BCUT2D eigenvalue weighted by Gasteiger charge is 2.23. The number of hydrogen-bond donors (Lipinski definition) is 1. The lowest BCUT2D eigenvalue weighted by Gasteiger charge is -2.30. The van der Waals surface area contributed by atoms with Gasteiger partial charge in [-0.25, -0.2) is 4.79 Å². The second-order valence-corrected chi connectivity index (χ2v) is 6.69. The first-order valence-electron chi connectivity index (χ1n) is 9.27. The molecule has 0 unspecified atom stereocenters. The van der Waals surface area contributed by atoms with Crippen molar-refractivity contribution in [3.8, 4) is 0 Å². The van der Waals surface area contributed by atoms with Crippen LogP contribution < -0.4 is 5.32 Å². The van der Waals surface area contributed by atoms with Gasteiger partial charge in [0.05, 0.1) is 18.4 Å². The number of anilines is 1. The van der Waals surface area contributed by atoms with Gasteiger partial charge in [-0.1, -0.05) is 37.8 Å². The van der Waals surface area contributed by atoms with E-state index in [1.165, 1.54) is 20.0 Å². The van der Waals surface area contributed by atoms with Gasteiger partial charge in [-0.3, -0.25) is 9.59 Å². The summed E-state index contributed by atoms with van der Waals surface area (Å²) in [5.41, 5.74) is 0.740. The Kier molecular flexibility index (Phi) is 7.63. The van der Waals surface area contributed by atoms with Crippen molar-refractivity contribution in [1.82, 2.24) is 4.90 Å². The van der Waals surface area contributed by atoms with E-state index in [9.17, 15) is 14.4 Å². The van der Waals surface area contributed by atoms with E-state index < -0.39 is 5.97 Å². The zero-order valence-corrected chi connectivity index (χ0v) is 15.6. The quantitative estimate of drug-likeness (QED) is 0.623. The number of nitrogens with zero attached hydrogens (tertiary/aromatic N) is 1. The molecule has 0 saturated heterocycles. The molecule has 0 radical (unpaired) electrons. The Bertz CT molecular complexity index is 636. The Morgan fingerprint density at radius 1 is 1.12 bits per heavy atom. The number of ether oxygens (including phenoxy) is 1. The zero-order chi connectivity index (χ0) is 18.9. The van der Waals surface area contributed by atoms with Crippen molar-refractivity contribution in [2.45, 2.75) is 57.9 Å². The molecular formula is C20H28N2O4. The van der Waals surface area contributed by atoms with Crippen molar-refractivity contribution >= 4 is 23.5 Å². The summed E-state index contributed by atoms with van der Waals surface area (Å²) in [6.07, 6.45) is 6.91. The third-order valence-electron chi connectivity index (χ3n) is 4.86. The Morgan fingerprint density at radius 2 is 1.77 bits per heavy atom. The van der Waals surface area contributed by atoms with E-state index in [0.29, 0.717) is 17.8 Å². The first-order chi connectivity index (χ1) is 12.5. The molecule has 0 atom stereocenters. The topological polar surface area (TPSA) is 75.7 Å². The monoisotopic (exact) mass is 360 g/mol. The van der Waals surface area contributed by atoms with Crippen molar-refractivity contribution in [3.05, 3.63) is 29.8 Å². The van der Waals surface area contributed by atoms with Gasteiger partial charge in [0.15, 0.2) is 0 Å². The number of amides is 2. The molecule has 2 amide bonds. The van der Waals surface area contributed by atoms with Crippen molar-refractivity contribution in [1.29, 1.82) is 0 Å². The summed E-state index contributed by atoms with van der Waals surface area (Å²) >= 11 is 0. The largest absolute Gasteiger partial charge is 0.465 e. The third-order valence-corrected chi connectivity index (χ3v) is 4.86. The maximum Gasteiger partial charge on any atom is 0.339 e. The molecule has 1 saturated carbocycles. The molecule has 6 heteroatoms. The maximum atomic E-state index is 12.4. The van der Waals surface area contributed by atoms with Crippen molar-refractivity contribution in [2.24, 2.45) is 0 Å². The lowest BCUT2D eigenvalue weighted by molar-refractivity contribution is -0.131. The number of nitrogens with one attached hydrogen (secondary N) is 1. The van der Waals surface area contributed by atoms with Gasteiger partial charge in [-0.2, -0.15) is 0 Å². The van der Waals surface area contributed by atoms with Gasteiger partial charge in [0, 0.05) is 25.9 Å². The summed E-state index contributed by atoms with van der Waals surface area (Å²) in [6, 6.07) is 6.96. The average Bonchev–Trinajstić information content (AvgIpc) is 2.91. The van der Waals surface area contributed by atoms with Gasteiger partial charge in [0.25, 0.3) is 0 Å². The van der Waals surface area contributed by atoms with Crippen LogP contribution in [0.1, 0.15) is 62.2 Å². The number of rotatable bonds is 6. The number of esters is 1. The second-order valence-electron chi connectivity index (χ2n) is 6.69. The molecule has 1 aliphatic rings. The molecular weight excluding hydrogens is 332 g/mol. The first-order valence-corrected chi connectivity index (χ1v) is 9.27. The van der Waals surface area contributed by atoms with E-state index in [1.54, 1.807) is 31.2 Å². The molecule has 0 spiro atoms. The number of hydrogen-bond acceptors (Lipinski definition) is 4. The fourth-order valence-corrected chi connectivity index (χ4v) is 3.48. The minimum Gasteiger partial charge on any atom is -0.465 e. The van der Waals surface area contributed by atoms with Gasteiger partial charge >= 0.3 is 5.97 Å². The summed E-state index contributed by atoms with van der Waals surface area (Å²) in [5.74, 6) is -0.703. The molecule has 142 valence electrons. The van der Waals surface area contributed by atoms with Gasteiger partial charge in [-0.15, -0.1) is 0 Å². The summed E-state index contributed by atoms with van der Waals surface area (Å²) in [4.78, 5) is 38.0. The van der Waals surface area contributed by atoms with Gasteiger partial charge in [0.2, 0.25) is 11.8 Å². The Hall–Kier alpha value is -2.37. The van der Waals surface area contributed by atoms with E-state index >= 15 is 0 Å². The normalized spacial score (nSPS) is 15.0. The SMILES string of the molecule is COC(=O)c1ccccc1NC(=O)CCN(C(C)=O)C1CCCCCC1. The fraction of sp³-hybridized carbons (Fsp3) is 0.550. The van der Waals surface area contributed by atoms with Crippen molar-refractivity contribution in [3.63, 3.8) is 0 Å². The number of carbonyl (C=O) groups excluding carboxylic acids is 3. The van der Waals surface area contributed by atoms with E-state index in [-0.39, 0.29) is 24.3 Å². The van der Waals surface area contributed by atoms with Crippen LogP contribution in [0, 0.1) is 0 Å². The van der Waals surface area contributed by atoms with Crippen LogP contribution in [-0.4, -0.2) is 42.4 Å². The number of carbonyl (C=O) groups is 3. The average molecular weight is 360 g/mol. The maximum absolute atomic E-state index is 12.4. The first kappa shape index (κ1) is 19.9. The molecule has 1 N–H and O–H groups in total. The molecule has 1 fully saturated rings. The molecule has 1 aromatic rings. The van der Waals surface area contributed by atoms with E-state index in [4.69, 9.17) is 4.74 Å². The highest BCUT2D eigenvalue weighted by Crippen LogP contribution is 2.22. The Morgan fingerprint density at radius 3 is 2.38 bits per heavy atom. The number of benzene rings is 1. The van der Waals surface area contributed by atoms with E-state index in [0.717, 1.165) is 25.7 Å². The third kappa shape index (κ3) is 5.58. The fourth-order valence-electron chi connectivity index (χ4n) is 3.48. The van der Waals surface area contributed by atoms with Crippen LogP contribution in [0.25, 0.3) is 0 Å². The van der Waals surface area contributed by atoms with E-state index in [2.05, 4.69) is 5.32 Å². The van der Waals surface area contributed by atoms with Crippen LogP contribution in [-0.2, 0) is 14.3 Å². The predicted molar refractivity (Wildman–Crippen MR) is 99.9 cm³/mol.